The summed E-state index contributed by atoms with van der Waals surface area (Å²) >= 11 is 1.96. The Morgan fingerprint density at radius 1 is 1.44 bits per heavy atom. The molecule has 2 atom stereocenters. The molecular weight excluding hydrogens is 218 g/mol. The fourth-order valence-corrected chi connectivity index (χ4v) is 2.79. The van der Waals surface area contributed by atoms with Crippen molar-refractivity contribution in [3.05, 3.63) is 29.8 Å². The lowest BCUT2D eigenvalue weighted by Gasteiger charge is -2.30. The van der Waals surface area contributed by atoms with Gasteiger partial charge in [-0.1, -0.05) is 25.1 Å². The van der Waals surface area contributed by atoms with Gasteiger partial charge in [0.15, 0.2) is 0 Å². The van der Waals surface area contributed by atoms with Crippen LogP contribution in [0.3, 0.4) is 0 Å². The van der Waals surface area contributed by atoms with Crippen LogP contribution >= 0.6 is 11.8 Å². The molecule has 0 aromatic heterocycles. The van der Waals surface area contributed by atoms with E-state index in [1.165, 1.54) is 5.75 Å². The molecule has 2 N–H and O–H groups in total. The SMILES string of the molecule is CCSCCC1C[C@H](N)c2ccccc2O1. The number of hydrogen-bond acceptors (Lipinski definition) is 3. The van der Waals surface area contributed by atoms with E-state index in [2.05, 4.69) is 13.0 Å². The quantitative estimate of drug-likeness (QED) is 0.818. The van der Waals surface area contributed by atoms with Gasteiger partial charge in [-0.3, -0.25) is 0 Å². The van der Waals surface area contributed by atoms with Crippen molar-refractivity contribution >= 4 is 11.8 Å². The van der Waals surface area contributed by atoms with Crippen molar-refractivity contribution in [1.82, 2.24) is 0 Å². The topological polar surface area (TPSA) is 35.2 Å². The van der Waals surface area contributed by atoms with Crippen molar-refractivity contribution in [2.75, 3.05) is 11.5 Å². The molecule has 1 heterocycles. The van der Waals surface area contributed by atoms with Gasteiger partial charge in [-0.25, -0.2) is 0 Å². The van der Waals surface area contributed by atoms with Gasteiger partial charge < -0.3 is 10.5 Å². The van der Waals surface area contributed by atoms with Crippen LogP contribution in [-0.4, -0.2) is 17.6 Å². The molecule has 2 rings (SSSR count). The van der Waals surface area contributed by atoms with Crippen LogP contribution < -0.4 is 10.5 Å². The van der Waals surface area contributed by atoms with Crippen molar-refractivity contribution in [2.24, 2.45) is 5.73 Å². The molecule has 2 nitrogen and oxygen atoms in total. The fraction of sp³-hybridized carbons (Fsp3) is 0.538. The Balaban J connectivity index is 1.98. The van der Waals surface area contributed by atoms with E-state index in [0.29, 0.717) is 6.10 Å². The molecule has 0 bridgehead atoms. The third-order valence-electron chi connectivity index (χ3n) is 2.92. The summed E-state index contributed by atoms with van der Waals surface area (Å²) in [7, 11) is 0. The van der Waals surface area contributed by atoms with Crippen LogP contribution in [0.15, 0.2) is 24.3 Å². The van der Waals surface area contributed by atoms with E-state index in [-0.39, 0.29) is 6.04 Å². The lowest BCUT2D eigenvalue weighted by atomic mass is 9.96. The third kappa shape index (κ3) is 2.71. The molecule has 0 saturated carbocycles. The van der Waals surface area contributed by atoms with Gasteiger partial charge in [-0.05, 0) is 24.0 Å². The summed E-state index contributed by atoms with van der Waals surface area (Å²) < 4.78 is 5.96. The summed E-state index contributed by atoms with van der Waals surface area (Å²) in [6, 6.07) is 8.26. The minimum Gasteiger partial charge on any atom is -0.490 e. The number of thioether (sulfide) groups is 1. The highest BCUT2D eigenvalue weighted by molar-refractivity contribution is 7.99. The number of para-hydroxylation sites is 1. The molecular formula is C13H19NOS. The smallest absolute Gasteiger partial charge is 0.124 e. The molecule has 0 saturated heterocycles. The first-order chi connectivity index (χ1) is 7.81. The maximum absolute atomic E-state index is 6.15. The van der Waals surface area contributed by atoms with Gasteiger partial charge in [0.05, 0.1) is 0 Å². The van der Waals surface area contributed by atoms with E-state index in [1.54, 1.807) is 0 Å². The van der Waals surface area contributed by atoms with Crippen LogP contribution in [0.1, 0.15) is 31.4 Å². The second-order valence-electron chi connectivity index (χ2n) is 4.11. The van der Waals surface area contributed by atoms with E-state index in [9.17, 15) is 0 Å². The summed E-state index contributed by atoms with van der Waals surface area (Å²) in [6.45, 7) is 2.19. The molecule has 88 valence electrons. The maximum atomic E-state index is 6.15. The predicted molar refractivity (Wildman–Crippen MR) is 70.0 cm³/mol. The van der Waals surface area contributed by atoms with Crippen molar-refractivity contribution in [3.63, 3.8) is 0 Å². The van der Waals surface area contributed by atoms with E-state index < -0.39 is 0 Å². The van der Waals surface area contributed by atoms with Crippen LogP contribution in [0.4, 0.5) is 0 Å². The Morgan fingerprint density at radius 3 is 3.06 bits per heavy atom. The Hall–Kier alpha value is -0.670. The summed E-state index contributed by atoms with van der Waals surface area (Å²) in [5, 5.41) is 0. The molecule has 0 amide bonds. The molecule has 16 heavy (non-hydrogen) atoms. The lowest BCUT2D eigenvalue weighted by Crippen LogP contribution is -2.29. The predicted octanol–water partition coefficient (Wildman–Crippen LogP) is 2.98. The van der Waals surface area contributed by atoms with Crippen LogP contribution in [-0.2, 0) is 0 Å². The first-order valence-corrected chi connectivity index (χ1v) is 7.05. The number of benzene rings is 1. The summed E-state index contributed by atoms with van der Waals surface area (Å²) in [5.74, 6) is 3.32. The maximum Gasteiger partial charge on any atom is 0.124 e. The van der Waals surface area contributed by atoms with E-state index in [4.69, 9.17) is 10.5 Å². The highest BCUT2D eigenvalue weighted by Gasteiger charge is 2.24. The van der Waals surface area contributed by atoms with Crippen LogP contribution in [0.5, 0.6) is 5.75 Å². The number of ether oxygens (including phenoxy) is 1. The van der Waals surface area contributed by atoms with Gasteiger partial charge in [-0.2, -0.15) is 11.8 Å². The Labute approximate surface area is 102 Å². The van der Waals surface area contributed by atoms with Gasteiger partial charge in [0.25, 0.3) is 0 Å². The molecule has 3 heteroatoms. The van der Waals surface area contributed by atoms with E-state index >= 15 is 0 Å². The molecule has 0 aliphatic carbocycles. The molecule has 0 radical (unpaired) electrons. The van der Waals surface area contributed by atoms with E-state index in [1.807, 2.05) is 30.0 Å². The zero-order valence-corrected chi connectivity index (χ0v) is 10.5. The van der Waals surface area contributed by atoms with Gasteiger partial charge in [-0.15, -0.1) is 0 Å². The number of fused-ring (bicyclic) bond motifs is 1. The normalized spacial score (nSPS) is 23.6. The Kier molecular flexibility index (Phi) is 4.13. The monoisotopic (exact) mass is 237 g/mol. The average Bonchev–Trinajstić information content (AvgIpc) is 2.30. The molecule has 0 fully saturated rings. The van der Waals surface area contributed by atoms with Crippen LogP contribution in [0.2, 0.25) is 0 Å². The van der Waals surface area contributed by atoms with Crippen molar-refractivity contribution in [3.8, 4) is 5.75 Å². The average molecular weight is 237 g/mol. The first-order valence-electron chi connectivity index (χ1n) is 5.90. The molecule has 1 aromatic carbocycles. The van der Waals surface area contributed by atoms with Gasteiger partial charge in [0.1, 0.15) is 11.9 Å². The zero-order chi connectivity index (χ0) is 11.4. The summed E-state index contributed by atoms with van der Waals surface area (Å²) in [5.41, 5.74) is 7.31. The van der Waals surface area contributed by atoms with Crippen molar-refractivity contribution in [1.29, 1.82) is 0 Å². The Morgan fingerprint density at radius 2 is 2.25 bits per heavy atom. The number of nitrogens with two attached hydrogens (primary N) is 1. The van der Waals surface area contributed by atoms with Crippen molar-refractivity contribution < 1.29 is 4.74 Å². The van der Waals surface area contributed by atoms with Gasteiger partial charge >= 0.3 is 0 Å². The minimum absolute atomic E-state index is 0.140. The first kappa shape index (κ1) is 11.8. The standard InChI is InChI=1S/C13H19NOS/c1-2-16-8-7-10-9-12(14)11-5-3-4-6-13(11)15-10/h3-6,10,12H,2,7-9,14H2,1H3/t10?,12-/m0/s1. The largest absolute Gasteiger partial charge is 0.490 e. The Bertz CT molecular complexity index is 342. The third-order valence-corrected chi connectivity index (χ3v) is 3.85. The zero-order valence-electron chi connectivity index (χ0n) is 9.69. The summed E-state index contributed by atoms with van der Waals surface area (Å²) in [4.78, 5) is 0. The van der Waals surface area contributed by atoms with Crippen molar-refractivity contribution in [2.45, 2.75) is 31.9 Å². The summed E-state index contributed by atoms with van der Waals surface area (Å²) in [6.07, 6.45) is 2.34. The van der Waals surface area contributed by atoms with Gasteiger partial charge in [0, 0.05) is 18.0 Å². The highest BCUT2D eigenvalue weighted by Crippen LogP contribution is 2.34. The highest BCUT2D eigenvalue weighted by atomic mass is 32.2. The number of rotatable bonds is 4. The van der Waals surface area contributed by atoms with Crippen LogP contribution in [0.25, 0.3) is 0 Å². The second-order valence-corrected chi connectivity index (χ2v) is 5.50. The molecule has 1 aromatic rings. The second kappa shape index (κ2) is 5.60. The van der Waals surface area contributed by atoms with Gasteiger partial charge in [0.2, 0.25) is 0 Å². The molecule has 1 unspecified atom stereocenters. The molecule has 1 aliphatic heterocycles. The lowest BCUT2D eigenvalue weighted by molar-refractivity contribution is 0.156. The van der Waals surface area contributed by atoms with Crippen LogP contribution in [0, 0.1) is 0 Å². The number of hydrogen-bond donors (Lipinski definition) is 1. The fourth-order valence-electron chi connectivity index (χ4n) is 2.07. The molecule has 1 aliphatic rings. The molecule has 0 spiro atoms. The minimum atomic E-state index is 0.140. The van der Waals surface area contributed by atoms with E-state index in [0.717, 1.165) is 29.9 Å².